The molecular formula is C21H25N3O3. The number of aryl methyl sites for hydroxylation is 1. The van der Waals surface area contributed by atoms with Gasteiger partial charge in [-0.3, -0.25) is 9.69 Å². The highest BCUT2D eigenvalue weighted by Crippen LogP contribution is 2.24. The maximum atomic E-state index is 12.0. The van der Waals surface area contributed by atoms with Gasteiger partial charge in [0.25, 0.3) is 5.56 Å². The number of nitrogens with zero attached hydrogens (tertiary/aromatic N) is 2. The Kier molecular flexibility index (Phi) is 5.94. The van der Waals surface area contributed by atoms with Crippen LogP contribution in [0.25, 0.3) is 11.1 Å². The SMILES string of the molecule is Cc1cc(-c2ccc(OCCN3CC(C)OC(C)C3)cc2)c(C#N)c(=O)[nH]1. The number of hydrogen-bond acceptors (Lipinski definition) is 5. The highest BCUT2D eigenvalue weighted by atomic mass is 16.5. The first-order valence-electron chi connectivity index (χ1n) is 9.21. The molecule has 1 aliphatic heterocycles. The molecule has 0 aliphatic carbocycles. The van der Waals surface area contributed by atoms with E-state index in [0.29, 0.717) is 12.2 Å². The van der Waals surface area contributed by atoms with E-state index in [1.54, 1.807) is 6.92 Å². The number of pyridine rings is 1. The second-order valence-electron chi connectivity index (χ2n) is 7.07. The molecule has 2 atom stereocenters. The molecule has 0 amide bonds. The van der Waals surface area contributed by atoms with E-state index in [1.807, 2.05) is 36.4 Å². The number of benzene rings is 1. The molecule has 1 aromatic heterocycles. The molecule has 1 saturated heterocycles. The number of aromatic amines is 1. The average Bonchev–Trinajstić information content (AvgIpc) is 2.61. The van der Waals surface area contributed by atoms with Crippen LogP contribution in [0.1, 0.15) is 25.1 Å². The highest BCUT2D eigenvalue weighted by molar-refractivity contribution is 5.70. The monoisotopic (exact) mass is 367 g/mol. The lowest BCUT2D eigenvalue weighted by molar-refractivity contribution is -0.0699. The van der Waals surface area contributed by atoms with E-state index in [0.717, 1.165) is 36.6 Å². The molecule has 2 heterocycles. The fourth-order valence-electron chi connectivity index (χ4n) is 3.52. The molecule has 6 nitrogen and oxygen atoms in total. The Bertz CT molecular complexity index is 873. The smallest absolute Gasteiger partial charge is 0.266 e. The van der Waals surface area contributed by atoms with Crippen molar-refractivity contribution in [3.63, 3.8) is 0 Å². The molecule has 0 spiro atoms. The van der Waals surface area contributed by atoms with E-state index in [9.17, 15) is 10.1 Å². The summed E-state index contributed by atoms with van der Waals surface area (Å²) in [5, 5.41) is 9.28. The van der Waals surface area contributed by atoms with Crippen LogP contribution >= 0.6 is 0 Å². The Labute approximate surface area is 159 Å². The van der Waals surface area contributed by atoms with Crippen LogP contribution in [0.15, 0.2) is 35.1 Å². The number of hydrogen-bond donors (Lipinski definition) is 1. The fourth-order valence-corrected chi connectivity index (χ4v) is 3.52. The van der Waals surface area contributed by atoms with E-state index in [2.05, 4.69) is 23.7 Å². The van der Waals surface area contributed by atoms with Crippen molar-refractivity contribution in [2.24, 2.45) is 0 Å². The summed E-state index contributed by atoms with van der Waals surface area (Å²) in [7, 11) is 0. The van der Waals surface area contributed by atoms with Gasteiger partial charge in [-0.15, -0.1) is 0 Å². The lowest BCUT2D eigenvalue weighted by atomic mass is 10.0. The third kappa shape index (κ3) is 4.76. The number of nitrogens with one attached hydrogen (secondary N) is 1. The first-order chi connectivity index (χ1) is 13.0. The van der Waals surface area contributed by atoms with Crippen LogP contribution in [0.4, 0.5) is 0 Å². The van der Waals surface area contributed by atoms with Crippen molar-refractivity contribution in [3.8, 4) is 22.9 Å². The second kappa shape index (κ2) is 8.38. The van der Waals surface area contributed by atoms with Crippen molar-refractivity contribution in [3.05, 3.63) is 51.9 Å². The molecule has 3 rings (SSSR count). The molecule has 27 heavy (non-hydrogen) atoms. The van der Waals surface area contributed by atoms with Crippen LogP contribution in [-0.4, -0.2) is 48.3 Å². The predicted molar refractivity (Wildman–Crippen MR) is 104 cm³/mol. The standard InChI is InChI=1S/C21H25N3O3/c1-14-10-19(20(11-22)21(25)23-14)17-4-6-18(7-5-17)26-9-8-24-12-15(2)27-16(3)13-24/h4-7,10,15-16H,8-9,12-13H2,1-3H3,(H,23,25). The normalized spacial score (nSPS) is 20.2. The highest BCUT2D eigenvalue weighted by Gasteiger charge is 2.21. The number of nitriles is 1. The minimum absolute atomic E-state index is 0.129. The largest absolute Gasteiger partial charge is 0.492 e. The van der Waals surface area contributed by atoms with E-state index < -0.39 is 0 Å². The van der Waals surface area contributed by atoms with Crippen LogP contribution in [-0.2, 0) is 4.74 Å². The molecule has 0 saturated carbocycles. The van der Waals surface area contributed by atoms with Crippen LogP contribution in [0, 0.1) is 18.3 Å². The minimum atomic E-state index is -0.359. The molecular weight excluding hydrogens is 342 g/mol. The minimum Gasteiger partial charge on any atom is -0.492 e. The van der Waals surface area contributed by atoms with Gasteiger partial charge in [0.2, 0.25) is 0 Å². The summed E-state index contributed by atoms with van der Waals surface area (Å²) in [4.78, 5) is 17.0. The van der Waals surface area contributed by atoms with Crippen molar-refractivity contribution < 1.29 is 9.47 Å². The third-order valence-electron chi connectivity index (χ3n) is 4.62. The van der Waals surface area contributed by atoms with Gasteiger partial charge in [-0.2, -0.15) is 5.26 Å². The summed E-state index contributed by atoms with van der Waals surface area (Å²) in [6.07, 6.45) is 0.500. The molecule has 6 heteroatoms. The van der Waals surface area contributed by atoms with Gasteiger partial charge >= 0.3 is 0 Å². The average molecular weight is 367 g/mol. The summed E-state index contributed by atoms with van der Waals surface area (Å²) in [5.41, 5.74) is 1.96. The molecule has 1 N–H and O–H groups in total. The van der Waals surface area contributed by atoms with E-state index in [4.69, 9.17) is 9.47 Å². The molecule has 1 fully saturated rings. The molecule has 1 aliphatic rings. The Morgan fingerprint density at radius 2 is 1.93 bits per heavy atom. The van der Waals surface area contributed by atoms with Crippen molar-refractivity contribution in [1.82, 2.24) is 9.88 Å². The van der Waals surface area contributed by atoms with Crippen LogP contribution in [0.5, 0.6) is 5.75 Å². The number of morpholine rings is 1. The zero-order valence-corrected chi connectivity index (χ0v) is 16.0. The topological polar surface area (TPSA) is 78.3 Å². The Hall–Kier alpha value is -2.62. The lowest BCUT2D eigenvalue weighted by Gasteiger charge is -2.35. The molecule has 0 radical (unpaired) electrons. The maximum absolute atomic E-state index is 12.0. The Morgan fingerprint density at radius 3 is 2.56 bits per heavy atom. The summed E-state index contributed by atoms with van der Waals surface area (Å²) in [6, 6.07) is 11.3. The quantitative estimate of drug-likeness (QED) is 0.879. The van der Waals surface area contributed by atoms with Gasteiger partial charge in [-0.1, -0.05) is 12.1 Å². The predicted octanol–water partition coefficient (Wildman–Crippen LogP) is 2.71. The number of aromatic nitrogens is 1. The zero-order valence-electron chi connectivity index (χ0n) is 16.0. The van der Waals surface area contributed by atoms with Gasteiger partial charge in [0, 0.05) is 30.9 Å². The second-order valence-corrected chi connectivity index (χ2v) is 7.07. The van der Waals surface area contributed by atoms with Crippen LogP contribution in [0.3, 0.4) is 0 Å². The van der Waals surface area contributed by atoms with Crippen molar-refractivity contribution >= 4 is 0 Å². The molecule has 2 aromatic rings. The third-order valence-corrected chi connectivity index (χ3v) is 4.62. The summed E-state index contributed by atoms with van der Waals surface area (Å²) in [5.74, 6) is 0.771. The van der Waals surface area contributed by atoms with Crippen LogP contribution < -0.4 is 10.3 Å². The molecule has 0 bridgehead atoms. The lowest BCUT2D eigenvalue weighted by Crippen LogP contribution is -2.46. The fraction of sp³-hybridized carbons (Fsp3) is 0.429. The Balaban J connectivity index is 1.63. The molecule has 2 unspecified atom stereocenters. The molecule has 1 aromatic carbocycles. The van der Waals surface area contributed by atoms with Gasteiger partial charge in [-0.05, 0) is 44.5 Å². The van der Waals surface area contributed by atoms with Crippen molar-refractivity contribution in [1.29, 1.82) is 5.26 Å². The van der Waals surface area contributed by atoms with E-state index in [1.165, 1.54) is 0 Å². The van der Waals surface area contributed by atoms with Gasteiger partial charge in [-0.25, -0.2) is 0 Å². The number of ether oxygens (including phenoxy) is 2. The first-order valence-corrected chi connectivity index (χ1v) is 9.21. The molecule has 142 valence electrons. The summed E-state index contributed by atoms with van der Waals surface area (Å²) >= 11 is 0. The van der Waals surface area contributed by atoms with Gasteiger partial charge in [0.05, 0.1) is 12.2 Å². The zero-order chi connectivity index (χ0) is 19.4. The van der Waals surface area contributed by atoms with Crippen molar-refractivity contribution in [2.45, 2.75) is 33.0 Å². The number of rotatable bonds is 5. The Morgan fingerprint density at radius 1 is 1.26 bits per heavy atom. The number of H-pyrrole nitrogens is 1. The van der Waals surface area contributed by atoms with Crippen molar-refractivity contribution in [2.75, 3.05) is 26.2 Å². The summed E-state index contributed by atoms with van der Waals surface area (Å²) in [6.45, 7) is 9.29. The van der Waals surface area contributed by atoms with E-state index >= 15 is 0 Å². The van der Waals surface area contributed by atoms with E-state index in [-0.39, 0.29) is 23.3 Å². The van der Waals surface area contributed by atoms with Crippen LogP contribution in [0.2, 0.25) is 0 Å². The summed E-state index contributed by atoms with van der Waals surface area (Å²) < 4.78 is 11.6. The first kappa shape index (κ1) is 19.2. The maximum Gasteiger partial charge on any atom is 0.266 e. The van der Waals surface area contributed by atoms with Gasteiger partial charge in [0.15, 0.2) is 0 Å². The van der Waals surface area contributed by atoms with Gasteiger partial charge < -0.3 is 14.5 Å². The van der Waals surface area contributed by atoms with Gasteiger partial charge in [0.1, 0.15) is 24.0 Å².